The number of nitrogens with zero attached hydrogens (tertiary/aromatic N) is 3. The highest BCUT2D eigenvalue weighted by molar-refractivity contribution is 7.17. The van der Waals surface area contributed by atoms with E-state index in [0.717, 1.165) is 36.6 Å². The van der Waals surface area contributed by atoms with Gasteiger partial charge in [-0.25, -0.2) is 4.79 Å². The second-order valence-electron chi connectivity index (χ2n) is 7.29. The van der Waals surface area contributed by atoms with E-state index in [2.05, 4.69) is 10.4 Å². The number of fused-ring (bicyclic) bond motifs is 1. The monoisotopic (exact) mass is 474 g/mol. The predicted molar refractivity (Wildman–Crippen MR) is 109 cm³/mol. The number of carbonyl (C=O) groups excluding carboxylic acids is 2. The SMILES string of the molecule is CCCOC(=O)c1c(NC(=O)Cn2nc(C(F)(F)F)c([N+](=O)[O-])c2C)sc2c1CCCC2. The third kappa shape index (κ3) is 4.76. The van der Waals surface area contributed by atoms with Crippen molar-refractivity contribution in [3.63, 3.8) is 0 Å². The third-order valence-corrected chi connectivity index (χ3v) is 6.19. The average molecular weight is 474 g/mol. The second-order valence-corrected chi connectivity index (χ2v) is 8.40. The van der Waals surface area contributed by atoms with E-state index in [1.54, 1.807) is 0 Å². The van der Waals surface area contributed by atoms with Crippen LogP contribution in [0.25, 0.3) is 0 Å². The van der Waals surface area contributed by atoms with Gasteiger partial charge in [0.2, 0.25) is 11.6 Å². The molecule has 0 bridgehead atoms. The number of thiophene rings is 1. The highest BCUT2D eigenvalue weighted by Gasteiger charge is 2.44. The normalized spacial score (nSPS) is 13.5. The molecule has 9 nitrogen and oxygen atoms in total. The van der Waals surface area contributed by atoms with E-state index in [1.165, 1.54) is 11.3 Å². The number of esters is 1. The highest BCUT2D eigenvalue weighted by atomic mass is 32.1. The molecular weight excluding hydrogens is 453 g/mol. The van der Waals surface area contributed by atoms with Crippen LogP contribution in [0, 0.1) is 17.0 Å². The largest absolute Gasteiger partial charge is 0.462 e. The van der Waals surface area contributed by atoms with Gasteiger partial charge in [-0.15, -0.1) is 11.3 Å². The van der Waals surface area contributed by atoms with E-state index >= 15 is 0 Å². The maximum absolute atomic E-state index is 13.1. The van der Waals surface area contributed by atoms with Gasteiger partial charge in [-0.3, -0.25) is 19.6 Å². The van der Waals surface area contributed by atoms with Crippen molar-refractivity contribution in [3.8, 4) is 0 Å². The van der Waals surface area contributed by atoms with Crippen molar-refractivity contribution in [2.24, 2.45) is 0 Å². The smallest absolute Gasteiger partial charge is 0.442 e. The molecule has 0 saturated carbocycles. The lowest BCUT2D eigenvalue weighted by molar-refractivity contribution is -0.388. The van der Waals surface area contributed by atoms with Crippen molar-refractivity contribution < 1.29 is 32.4 Å². The number of nitrogens with one attached hydrogen (secondary N) is 1. The zero-order chi connectivity index (χ0) is 23.6. The number of amides is 1. The number of ether oxygens (including phenoxy) is 1. The molecule has 2 aromatic heterocycles. The number of aromatic nitrogens is 2. The van der Waals surface area contributed by atoms with Gasteiger partial charge in [-0.2, -0.15) is 18.3 Å². The summed E-state index contributed by atoms with van der Waals surface area (Å²) in [6, 6.07) is 0. The first-order valence-electron chi connectivity index (χ1n) is 9.95. The van der Waals surface area contributed by atoms with Gasteiger partial charge in [-0.1, -0.05) is 6.92 Å². The van der Waals surface area contributed by atoms with Crippen LogP contribution in [0.3, 0.4) is 0 Å². The number of hydrogen-bond acceptors (Lipinski definition) is 7. The molecule has 1 N–H and O–H groups in total. The van der Waals surface area contributed by atoms with Crippen LogP contribution in [0.15, 0.2) is 0 Å². The molecule has 1 amide bonds. The fourth-order valence-electron chi connectivity index (χ4n) is 3.54. The number of carbonyl (C=O) groups is 2. The van der Waals surface area contributed by atoms with E-state index in [0.29, 0.717) is 17.5 Å². The number of rotatable bonds is 7. The molecule has 0 radical (unpaired) electrons. The molecule has 0 aromatic carbocycles. The molecular formula is C19H21F3N4O5S. The summed E-state index contributed by atoms with van der Waals surface area (Å²) in [5.41, 5.74) is -2.16. The van der Waals surface area contributed by atoms with Crippen LogP contribution in [0.1, 0.15) is 58.4 Å². The lowest BCUT2D eigenvalue weighted by Gasteiger charge is -2.12. The number of anilines is 1. The number of aryl methyl sites for hydroxylation is 1. The Morgan fingerprint density at radius 2 is 2.00 bits per heavy atom. The molecule has 0 unspecified atom stereocenters. The molecule has 2 aromatic rings. The summed E-state index contributed by atoms with van der Waals surface area (Å²) in [7, 11) is 0. The van der Waals surface area contributed by atoms with Crippen molar-refractivity contribution in [3.05, 3.63) is 37.5 Å². The number of halogens is 3. The molecule has 1 aliphatic rings. The summed E-state index contributed by atoms with van der Waals surface area (Å²) >= 11 is 1.23. The first kappa shape index (κ1) is 23.7. The molecule has 0 fully saturated rings. The number of hydrogen-bond donors (Lipinski definition) is 1. The van der Waals surface area contributed by atoms with Crippen molar-refractivity contribution in [1.82, 2.24) is 9.78 Å². The van der Waals surface area contributed by atoms with Crippen LogP contribution in [0.5, 0.6) is 0 Å². The van der Waals surface area contributed by atoms with Gasteiger partial charge in [0.25, 0.3) is 0 Å². The summed E-state index contributed by atoms with van der Waals surface area (Å²) < 4.78 is 45.3. The Kier molecular flexibility index (Phi) is 6.86. The Bertz CT molecular complexity index is 1060. The fourth-order valence-corrected chi connectivity index (χ4v) is 4.83. The first-order chi connectivity index (χ1) is 15.0. The van der Waals surface area contributed by atoms with E-state index in [9.17, 15) is 32.9 Å². The molecule has 3 rings (SSSR count). The van der Waals surface area contributed by atoms with Crippen molar-refractivity contribution in [2.45, 2.75) is 58.7 Å². The summed E-state index contributed by atoms with van der Waals surface area (Å²) in [5, 5.41) is 17.2. The maximum Gasteiger partial charge on any atom is 0.442 e. The van der Waals surface area contributed by atoms with Crippen LogP contribution in [0.2, 0.25) is 0 Å². The Morgan fingerprint density at radius 3 is 2.59 bits per heavy atom. The van der Waals surface area contributed by atoms with Crippen LogP contribution in [-0.2, 0) is 35.1 Å². The summed E-state index contributed by atoms with van der Waals surface area (Å²) in [6.45, 7) is 2.47. The molecule has 0 atom stereocenters. The van der Waals surface area contributed by atoms with Gasteiger partial charge in [0, 0.05) is 4.88 Å². The third-order valence-electron chi connectivity index (χ3n) is 4.99. The van der Waals surface area contributed by atoms with Crippen molar-refractivity contribution >= 4 is 33.9 Å². The summed E-state index contributed by atoms with van der Waals surface area (Å²) in [4.78, 5) is 36.1. The molecule has 13 heteroatoms. The topological polar surface area (TPSA) is 116 Å². The predicted octanol–water partition coefficient (Wildman–Crippen LogP) is 4.26. The quantitative estimate of drug-likeness (QED) is 0.364. The standard InChI is InChI=1S/C19H21F3N4O5S/c1-3-8-31-18(28)14-11-6-4-5-7-12(11)32-17(14)23-13(27)9-25-10(2)15(26(29)30)16(24-25)19(20,21)22/h3-9H2,1-2H3,(H,23,27). The lowest BCUT2D eigenvalue weighted by atomic mass is 9.95. The maximum atomic E-state index is 13.1. The van der Waals surface area contributed by atoms with Gasteiger partial charge in [0.05, 0.1) is 17.1 Å². The van der Waals surface area contributed by atoms with Crippen LogP contribution < -0.4 is 5.32 Å². The Labute approximate surface area is 184 Å². The lowest BCUT2D eigenvalue weighted by Crippen LogP contribution is -2.22. The molecule has 0 spiro atoms. The highest BCUT2D eigenvalue weighted by Crippen LogP contribution is 2.39. The molecule has 0 saturated heterocycles. The Morgan fingerprint density at radius 1 is 1.31 bits per heavy atom. The molecule has 0 aliphatic heterocycles. The van der Waals surface area contributed by atoms with Gasteiger partial charge in [-0.05, 0) is 44.6 Å². The fraction of sp³-hybridized carbons (Fsp3) is 0.526. The summed E-state index contributed by atoms with van der Waals surface area (Å²) in [6.07, 6.45) is -1.17. The van der Waals surface area contributed by atoms with Crippen molar-refractivity contribution in [2.75, 3.05) is 11.9 Å². The van der Waals surface area contributed by atoms with Gasteiger partial charge < -0.3 is 10.1 Å². The van der Waals surface area contributed by atoms with Gasteiger partial charge >= 0.3 is 17.8 Å². The minimum absolute atomic E-state index is 0.215. The Hall–Kier alpha value is -2.96. The Balaban J connectivity index is 1.88. The van der Waals surface area contributed by atoms with Crippen LogP contribution in [0.4, 0.5) is 23.9 Å². The minimum Gasteiger partial charge on any atom is -0.462 e. The van der Waals surface area contributed by atoms with Crippen LogP contribution >= 0.6 is 11.3 Å². The molecule has 174 valence electrons. The van der Waals surface area contributed by atoms with E-state index in [1.807, 2.05) is 6.92 Å². The number of nitro groups is 1. The summed E-state index contributed by atoms with van der Waals surface area (Å²) in [5.74, 6) is -1.32. The van der Waals surface area contributed by atoms with E-state index in [4.69, 9.17) is 4.74 Å². The first-order valence-corrected chi connectivity index (χ1v) is 10.8. The number of alkyl halides is 3. The zero-order valence-corrected chi connectivity index (χ0v) is 18.2. The van der Waals surface area contributed by atoms with E-state index in [-0.39, 0.29) is 17.2 Å². The second kappa shape index (κ2) is 9.27. The zero-order valence-electron chi connectivity index (χ0n) is 17.4. The molecule has 2 heterocycles. The average Bonchev–Trinajstić information content (AvgIpc) is 3.23. The minimum atomic E-state index is -5.04. The molecule has 32 heavy (non-hydrogen) atoms. The van der Waals surface area contributed by atoms with Gasteiger partial charge in [0.15, 0.2) is 0 Å². The van der Waals surface area contributed by atoms with Gasteiger partial charge in [0.1, 0.15) is 17.2 Å². The molecule has 1 aliphatic carbocycles. The van der Waals surface area contributed by atoms with E-state index < -0.39 is 46.6 Å². The van der Waals surface area contributed by atoms with Crippen molar-refractivity contribution in [1.29, 1.82) is 0 Å². The van der Waals surface area contributed by atoms with Crippen LogP contribution in [-0.4, -0.2) is 33.2 Å².